The maximum absolute atomic E-state index is 9.38. The fraction of sp³-hybridized carbons (Fsp3) is 0.500. The molecule has 7 nitrogen and oxygen atoms in total. The van der Waals surface area contributed by atoms with Crippen molar-refractivity contribution in [3.63, 3.8) is 0 Å². The van der Waals surface area contributed by atoms with E-state index in [0.29, 0.717) is 6.04 Å². The molecule has 1 aliphatic rings. The largest absolute Gasteiger partial charge is 0.373 e. The van der Waals surface area contributed by atoms with E-state index in [1.165, 1.54) is 19.3 Å². The van der Waals surface area contributed by atoms with Crippen molar-refractivity contribution in [2.24, 2.45) is 0 Å². The molecule has 0 atom stereocenters. The van der Waals surface area contributed by atoms with Gasteiger partial charge in [-0.15, -0.1) is 0 Å². The minimum atomic E-state index is -0.697. The summed E-state index contributed by atoms with van der Waals surface area (Å²) in [5, 5.41) is 22.9. The second-order valence-electron chi connectivity index (χ2n) is 7.77. The molecule has 7 heteroatoms. The lowest BCUT2D eigenvalue weighted by Gasteiger charge is -2.22. The van der Waals surface area contributed by atoms with Crippen molar-refractivity contribution in [2.75, 3.05) is 12.4 Å². The number of nitrogens with zero attached hydrogens (tertiary/aromatic N) is 6. The van der Waals surface area contributed by atoms with Gasteiger partial charge in [-0.2, -0.15) is 15.5 Å². The Morgan fingerprint density at radius 2 is 2.00 bits per heavy atom. The third kappa shape index (κ3) is 3.05. The molecule has 0 saturated heterocycles. The van der Waals surface area contributed by atoms with Crippen LogP contribution in [-0.4, -0.2) is 31.6 Å². The number of nitrogens with one attached hydrogen (secondary N) is 1. The van der Waals surface area contributed by atoms with Gasteiger partial charge in [0.05, 0.1) is 23.8 Å². The van der Waals surface area contributed by atoms with E-state index in [0.717, 1.165) is 40.8 Å². The van der Waals surface area contributed by atoms with E-state index in [-0.39, 0.29) is 0 Å². The minimum Gasteiger partial charge on any atom is -0.373 e. The summed E-state index contributed by atoms with van der Waals surface area (Å²) in [7, 11) is 1.88. The molecule has 1 aliphatic carbocycles. The Morgan fingerprint density at radius 1 is 1.22 bits per heavy atom. The van der Waals surface area contributed by atoms with Gasteiger partial charge in [0.15, 0.2) is 0 Å². The van der Waals surface area contributed by atoms with Crippen molar-refractivity contribution in [1.29, 1.82) is 5.26 Å². The van der Waals surface area contributed by atoms with Crippen LogP contribution in [0, 0.1) is 11.3 Å². The quantitative estimate of drug-likeness (QED) is 0.754. The highest BCUT2D eigenvalue weighted by molar-refractivity contribution is 5.93. The second kappa shape index (κ2) is 6.69. The Bertz CT molecular complexity index is 999. The first-order valence-corrected chi connectivity index (χ1v) is 9.56. The Kier molecular flexibility index (Phi) is 4.34. The van der Waals surface area contributed by atoms with Gasteiger partial charge < -0.3 is 5.32 Å². The Morgan fingerprint density at radius 3 is 2.70 bits per heavy atom. The van der Waals surface area contributed by atoms with E-state index in [9.17, 15) is 5.26 Å². The molecule has 4 rings (SSSR count). The highest BCUT2D eigenvalue weighted by Crippen LogP contribution is 2.35. The fourth-order valence-electron chi connectivity index (χ4n) is 3.79. The lowest BCUT2D eigenvalue weighted by atomic mass is 9.95. The van der Waals surface area contributed by atoms with E-state index >= 15 is 0 Å². The summed E-state index contributed by atoms with van der Waals surface area (Å²) in [5.41, 5.74) is 2.20. The molecule has 0 radical (unpaired) electrons. The molecule has 140 valence electrons. The van der Waals surface area contributed by atoms with Crippen molar-refractivity contribution < 1.29 is 0 Å². The van der Waals surface area contributed by atoms with Crippen LogP contribution in [0.4, 0.5) is 5.82 Å². The molecule has 0 bridgehead atoms. The first kappa shape index (κ1) is 17.5. The van der Waals surface area contributed by atoms with Crippen molar-refractivity contribution in [1.82, 2.24) is 24.5 Å². The average Bonchev–Trinajstić information content (AvgIpc) is 3.33. The van der Waals surface area contributed by atoms with Gasteiger partial charge in [-0.1, -0.05) is 19.3 Å². The van der Waals surface area contributed by atoms with Gasteiger partial charge in [0.1, 0.15) is 17.1 Å². The number of pyridine rings is 1. The van der Waals surface area contributed by atoms with E-state index in [2.05, 4.69) is 32.2 Å². The van der Waals surface area contributed by atoms with E-state index in [4.69, 9.17) is 5.10 Å². The molecule has 3 heterocycles. The van der Waals surface area contributed by atoms with Gasteiger partial charge in [-0.3, -0.25) is 9.36 Å². The molecule has 0 aromatic carbocycles. The molecule has 0 amide bonds. The number of hydrogen-bond donors (Lipinski definition) is 1. The standard InChI is InChI=1S/C20H25N7/c1-20(2,13-21)26-12-14(10-24-26)19-16-11-23-18(22-3)9-17(16)27(25-19)15-7-5-4-6-8-15/h9-12,15H,4-8H2,1-3H3,(H,22,23). The lowest BCUT2D eigenvalue weighted by molar-refractivity contribution is 0.337. The molecule has 3 aromatic heterocycles. The lowest BCUT2D eigenvalue weighted by Crippen LogP contribution is -2.24. The van der Waals surface area contributed by atoms with Crippen LogP contribution < -0.4 is 5.32 Å². The van der Waals surface area contributed by atoms with Gasteiger partial charge >= 0.3 is 0 Å². The summed E-state index contributed by atoms with van der Waals surface area (Å²) in [6.07, 6.45) is 11.7. The molecule has 0 aliphatic heterocycles. The predicted octanol–water partition coefficient (Wildman–Crippen LogP) is 4.10. The maximum atomic E-state index is 9.38. The molecular formula is C20H25N7. The summed E-state index contributed by atoms with van der Waals surface area (Å²) in [4.78, 5) is 4.50. The van der Waals surface area contributed by atoms with Crippen LogP contribution in [0.5, 0.6) is 0 Å². The first-order chi connectivity index (χ1) is 13.0. The summed E-state index contributed by atoms with van der Waals surface area (Å²) < 4.78 is 3.88. The Labute approximate surface area is 159 Å². The highest BCUT2D eigenvalue weighted by atomic mass is 15.3. The van der Waals surface area contributed by atoms with E-state index in [1.54, 1.807) is 10.9 Å². The zero-order valence-corrected chi connectivity index (χ0v) is 16.1. The summed E-state index contributed by atoms with van der Waals surface area (Å²) in [6, 6.07) is 4.78. The number of rotatable bonds is 4. The van der Waals surface area contributed by atoms with E-state index < -0.39 is 5.54 Å². The van der Waals surface area contributed by atoms with Gasteiger partial charge in [0.2, 0.25) is 0 Å². The average molecular weight is 363 g/mol. The Balaban J connectivity index is 1.85. The maximum Gasteiger partial charge on any atom is 0.143 e. The van der Waals surface area contributed by atoms with Gasteiger partial charge in [0.25, 0.3) is 0 Å². The molecule has 1 fully saturated rings. The molecule has 27 heavy (non-hydrogen) atoms. The fourth-order valence-corrected chi connectivity index (χ4v) is 3.79. The first-order valence-electron chi connectivity index (χ1n) is 9.56. The van der Waals surface area contributed by atoms with E-state index in [1.807, 2.05) is 33.3 Å². The normalized spacial score (nSPS) is 15.8. The zero-order valence-electron chi connectivity index (χ0n) is 16.1. The predicted molar refractivity (Wildman–Crippen MR) is 105 cm³/mol. The van der Waals surface area contributed by atoms with Crippen molar-refractivity contribution in [3.8, 4) is 17.3 Å². The summed E-state index contributed by atoms with van der Waals surface area (Å²) >= 11 is 0. The van der Waals surface area contributed by atoms with Gasteiger partial charge in [-0.25, -0.2) is 4.98 Å². The van der Waals surface area contributed by atoms with Crippen molar-refractivity contribution in [2.45, 2.75) is 57.5 Å². The van der Waals surface area contributed by atoms with Crippen molar-refractivity contribution in [3.05, 3.63) is 24.7 Å². The third-order valence-corrected chi connectivity index (χ3v) is 5.47. The van der Waals surface area contributed by atoms with Crippen LogP contribution in [0.1, 0.15) is 52.0 Å². The second-order valence-corrected chi connectivity index (χ2v) is 7.77. The van der Waals surface area contributed by atoms with Crippen LogP contribution in [0.25, 0.3) is 22.2 Å². The number of fused-ring (bicyclic) bond motifs is 1. The number of anilines is 1. The van der Waals surface area contributed by atoms with Crippen molar-refractivity contribution >= 4 is 16.7 Å². The number of aromatic nitrogens is 5. The third-order valence-electron chi connectivity index (χ3n) is 5.47. The van der Waals surface area contributed by atoms with Crippen LogP contribution in [-0.2, 0) is 5.54 Å². The minimum absolute atomic E-state index is 0.424. The van der Waals surface area contributed by atoms with Gasteiger partial charge in [-0.05, 0) is 26.7 Å². The Hall–Kier alpha value is -2.88. The molecule has 1 saturated carbocycles. The van der Waals surface area contributed by atoms with Gasteiger partial charge in [0, 0.05) is 36.5 Å². The topological polar surface area (TPSA) is 84.3 Å². The smallest absolute Gasteiger partial charge is 0.143 e. The molecule has 0 spiro atoms. The highest BCUT2D eigenvalue weighted by Gasteiger charge is 2.24. The van der Waals surface area contributed by atoms with Crippen LogP contribution in [0.2, 0.25) is 0 Å². The number of hydrogen-bond acceptors (Lipinski definition) is 5. The molecule has 1 N–H and O–H groups in total. The monoisotopic (exact) mass is 363 g/mol. The van der Waals surface area contributed by atoms with Crippen LogP contribution in [0.3, 0.4) is 0 Å². The zero-order chi connectivity index (χ0) is 19.0. The number of nitriles is 1. The molecular weight excluding hydrogens is 338 g/mol. The summed E-state index contributed by atoms with van der Waals surface area (Å²) in [6.45, 7) is 3.70. The SMILES string of the molecule is CNc1cc2c(cn1)c(-c1cnn(C(C)(C)C#N)c1)nn2C1CCCCC1. The molecule has 0 unspecified atom stereocenters. The van der Waals surface area contributed by atoms with Crippen LogP contribution >= 0.6 is 0 Å². The van der Waals surface area contributed by atoms with Crippen LogP contribution in [0.15, 0.2) is 24.7 Å². The molecule has 3 aromatic rings. The summed E-state index contributed by atoms with van der Waals surface area (Å²) in [5.74, 6) is 0.840.